The lowest BCUT2D eigenvalue weighted by Gasteiger charge is -2.22. The maximum Gasteiger partial charge on any atom is 0.263 e. The maximum absolute atomic E-state index is 13.0. The molecule has 0 amide bonds. The van der Waals surface area contributed by atoms with Crippen molar-refractivity contribution in [1.82, 2.24) is 13.9 Å². The molecule has 8 heteroatoms. The van der Waals surface area contributed by atoms with Gasteiger partial charge in [0.1, 0.15) is 5.82 Å². The molecule has 124 valence electrons. The predicted molar refractivity (Wildman–Crippen MR) is 93.2 cm³/mol. The number of rotatable bonds is 4. The first-order valence-electron chi connectivity index (χ1n) is 7.36. The molecule has 1 saturated heterocycles. The Morgan fingerprint density at radius 3 is 2.87 bits per heavy atom. The molecule has 0 saturated carbocycles. The first-order chi connectivity index (χ1) is 10.9. The van der Waals surface area contributed by atoms with Crippen LogP contribution in [-0.4, -0.2) is 34.6 Å². The van der Waals surface area contributed by atoms with E-state index in [0.717, 1.165) is 11.3 Å². The van der Waals surface area contributed by atoms with Gasteiger partial charge < -0.3 is 4.57 Å². The number of thioether (sulfide) groups is 1. The van der Waals surface area contributed by atoms with Gasteiger partial charge in [0.05, 0.1) is 5.37 Å². The molecule has 1 aromatic heterocycles. The first kappa shape index (κ1) is 16.8. The molecule has 0 radical (unpaired) electrons. The van der Waals surface area contributed by atoms with Crippen molar-refractivity contribution in [2.24, 2.45) is 0 Å². The number of sulfonamides is 1. The van der Waals surface area contributed by atoms with E-state index in [1.54, 1.807) is 24.0 Å². The van der Waals surface area contributed by atoms with Gasteiger partial charge in [-0.15, -0.1) is 11.8 Å². The molecule has 0 bridgehead atoms. The van der Waals surface area contributed by atoms with E-state index >= 15 is 0 Å². The van der Waals surface area contributed by atoms with Crippen LogP contribution in [0.4, 0.5) is 0 Å². The maximum atomic E-state index is 13.0. The number of nitrogens with zero attached hydrogens (tertiary/aromatic N) is 3. The van der Waals surface area contributed by atoms with Gasteiger partial charge >= 0.3 is 0 Å². The minimum absolute atomic E-state index is 0.117. The van der Waals surface area contributed by atoms with E-state index in [-0.39, 0.29) is 10.4 Å². The molecular formula is C15H18ClN3O2S2. The fraction of sp³-hybridized carbons (Fsp3) is 0.400. The van der Waals surface area contributed by atoms with Crippen molar-refractivity contribution in [2.75, 3.05) is 12.3 Å². The number of benzene rings is 1. The molecule has 1 aliphatic rings. The van der Waals surface area contributed by atoms with E-state index in [2.05, 4.69) is 4.98 Å². The Morgan fingerprint density at radius 1 is 1.43 bits per heavy atom. The number of aromatic nitrogens is 2. The van der Waals surface area contributed by atoms with E-state index in [0.29, 0.717) is 23.9 Å². The predicted octanol–water partition coefficient (Wildman–Crippen LogP) is 3.30. The molecule has 23 heavy (non-hydrogen) atoms. The number of aryl methyl sites for hydroxylation is 2. The summed E-state index contributed by atoms with van der Waals surface area (Å²) in [6, 6.07) is 7.36. The molecule has 0 N–H and O–H groups in total. The van der Waals surface area contributed by atoms with Crippen molar-refractivity contribution in [3.63, 3.8) is 0 Å². The highest BCUT2D eigenvalue weighted by Crippen LogP contribution is 2.41. The van der Waals surface area contributed by atoms with Crippen molar-refractivity contribution < 1.29 is 8.42 Å². The summed E-state index contributed by atoms with van der Waals surface area (Å²) in [5.74, 6) is 1.46. The van der Waals surface area contributed by atoms with Gasteiger partial charge in [-0.2, -0.15) is 4.31 Å². The molecule has 1 atom stereocenters. The van der Waals surface area contributed by atoms with E-state index in [4.69, 9.17) is 11.6 Å². The second-order valence-electron chi connectivity index (χ2n) is 5.31. The summed E-state index contributed by atoms with van der Waals surface area (Å²) >= 11 is 7.66. The normalized spacial score (nSPS) is 19.3. The Balaban J connectivity index is 1.98. The van der Waals surface area contributed by atoms with Crippen LogP contribution in [0.3, 0.4) is 0 Å². The van der Waals surface area contributed by atoms with E-state index in [1.807, 2.05) is 36.6 Å². The smallest absolute Gasteiger partial charge is 0.263 e. The molecule has 1 fully saturated rings. The molecule has 1 aliphatic heterocycles. The van der Waals surface area contributed by atoms with Crippen LogP contribution in [0.2, 0.25) is 5.02 Å². The second kappa shape index (κ2) is 6.47. The average Bonchev–Trinajstić information content (AvgIpc) is 3.14. The van der Waals surface area contributed by atoms with Crippen LogP contribution in [-0.2, 0) is 16.6 Å². The highest BCUT2D eigenvalue weighted by atomic mass is 35.5. The minimum atomic E-state index is -3.62. The zero-order chi connectivity index (χ0) is 16.6. The van der Waals surface area contributed by atoms with Gasteiger partial charge in [-0.3, -0.25) is 0 Å². The molecule has 2 aromatic rings. The molecule has 2 heterocycles. The minimum Gasteiger partial charge on any atom is -0.334 e. The van der Waals surface area contributed by atoms with E-state index in [9.17, 15) is 8.42 Å². The van der Waals surface area contributed by atoms with Gasteiger partial charge in [-0.25, -0.2) is 13.4 Å². The third-order valence-electron chi connectivity index (χ3n) is 3.85. The summed E-state index contributed by atoms with van der Waals surface area (Å²) in [5, 5.41) is 0.468. The summed E-state index contributed by atoms with van der Waals surface area (Å²) < 4.78 is 29.3. The Kier molecular flexibility index (Phi) is 4.73. The molecular weight excluding hydrogens is 354 g/mol. The van der Waals surface area contributed by atoms with Gasteiger partial charge in [0, 0.05) is 30.1 Å². The highest BCUT2D eigenvalue weighted by Gasteiger charge is 2.38. The van der Waals surface area contributed by atoms with Gasteiger partial charge in [0.25, 0.3) is 10.0 Å². The first-order valence-corrected chi connectivity index (χ1v) is 10.2. The van der Waals surface area contributed by atoms with Crippen molar-refractivity contribution in [1.29, 1.82) is 0 Å². The van der Waals surface area contributed by atoms with Crippen LogP contribution in [0.15, 0.2) is 35.5 Å². The molecule has 1 aromatic carbocycles. The van der Waals surface area contributed by atoms with Crippen LogP contribution >= 0.6 is 23.4 Å². The number of hydrogen-bond acceptors (Lipinski definition) is 4. The molecule has 0 aliphatic carbocycles. The van der Waals surface area contributed by atoms with Gasteiger partial charge in [0.2, 0.25) is 0 Å². The SMILES string of the molecule is CCn1cc(S(=O)(=O)N2CCSC2c2cccc(Cl)c2)nc1C. The Hall–Kier alpha value is -1.02. The summed E-state index contributed by atoms with van der Waals surface area (Å²) in [4.78, 5) is 4.24. The summed E-state index contributed by atoms with van der Waals surface area (Å²) in [5.41, 5.74) is 0.898. The van der Waals surface area contributed by atoms with Crippen LogP contribution < -0.4 is 0 Å². The number of hydrogen-bond donors (Lipinski definition) is 0. The number of halogens is 1. The van der Waals surface area contributed by atoms with Crippen LogP contribution in [0.1, 0.15) is 23.7 Å². The monoisotopic (exact) mass is 371 g/mol. The van der Waals surface area contributed by atoms with Gasteiger partial charge in [0.15, 0.2) is 5.03 Å². The Labute approximate surface area is 145 Å². The van der Waals surface area contributed by atoms with Crippen LogP contribution in [0.5, 0.6) is 0 Å². The fourth-order valence-corrected chi connectivity index (χ4v) is 6.09. The average molecular weight is 372 g/mol. The molecule has 1 unspecified atom stereocenters. The van der Waals surface area contributed by atoms with Crippen molar-refractivity contribution in [3.8, 4) is 0 Å². The number of imidazole rings is 1. The third kappa shape index (κ3) is 3.15. The van der Waals surface area contributed by atoms with Crippen molar-refractivity contribution >= 4 is 33.4 Å². The molecule has 3 rings (SSSR count). The van der Waals surface area contributed by atoms with E-state index < -0.39 is 10.0 Å². The van der Waals surface area contributed by atoms with Gasteiger partial charge in [-0.05, 0) is 31.5 Å². The van der Waals surface area contributed by atoms with Crippen molar-refractivity contribution in [2.45, 2.75) is 30.8 Å². The Bertz CT molecular complexity index is 820. The largest absolute Gasteiger partial charge is 0.334 e. The Morgan fingerprint density at radius 2 is 2.22 bits per heavy atom. The standard InChI is InChI=1S/C15H18ClN3O2S2/c1-3-18-10-14(17-11(18)2)23(20,21)19-7-8-22-15(19)12-5-4-6-13(16)9-12/h4-6,9-10,15H,3,7-8H2,1-2H3. The fourth-order valence-electron chi connectivity index (χ4n) is 2.67. The summed E-state index contributed by atoms with van der Waals surface area (Å²) in [6.07, 6.45) is 1.61. The van der Waals surface area contributed by atoms with E-state index in [1.165, 1.54) is 4.31 Å². The quantitative estimate of drug-likeness (QED) is 0.827. The van der Waals surface area contributed by atoms with Crippen LogP contribution in [0.25, 0.3) is 0 Å². The summed E-state index contributed by atoms with van der Waals surface area (Å²) in [7, 11) is -3.62. The third-order valence-corrected chi connectivity index (χ3v) is 7.22. The second-order valence-corrected chi connectivity index (χ2v) is 8.77. The zero-order valence-electron chi connectivity index (χ0n) is 12.9. The lowest BCUT2D eigenvalue weighted by Crippen LogP contribution is -2.30. The molecule has 5 nitrogen and oxygen atoms in total. The van der Waals surface area contributed by atoms with Crippen LogP contribution in [0, 0.1) is 6.92 Å². The lowest BCUT2D eigenvalue weighted by atomic mass is 10.2. The summed E-state index contributed by atoms with van der Waals surface area (Å²) in [6.45, 7) is 4.95. The van der Waals surface area contributed by atoms with Crippen molar-refractivity contribution in [3.05, 3.63) is 46.9 Å². The topological polar surface area (TPSA) is 55.2 Å². The van der Waals surface area contributed by atoms with Gasteiger partial charge in [-0.1, -0.05) is 23.7 Å². The molecule has 0 spiro atoms. The lowest BCUT2D eigenvalue weighted by molar-refractivity contribution is 0.432. The highest BCUT2D eigenvalue weighted by molar-refractivity contribution is 8.00. The zero-order valence-corrected chi connectivity index (χ0v) is 15.3.